The number of benzene rings is 2. The largest absolute Gasteiger partial charge is 0.341 e. The molecule has 1 aliphatic rings. The van der Waals surface area contributed by atoms with E-state index in [1.54, 1.807) is 58.9 Å². The molecule has 0 bridgehead atoms. The van der Waals surface area contributed by atoms with Crippen molar-refractivity contribution in [2.45, 2.75) is 37.8 Å². The first-order valence-electron chi connectivity index (χ1n) is 11.4. The topological polar surface area (TPSA) is 109 Å². The molecule has 186 valence electrons. The van der Waals surface area contributed by atoms with Gasteiger partial charge in [-0.1, -0.05) is 29.5 Å². The zero-order valence-corrected chi connectivity index (χ0v) is 21.4. The number of nitrogens with zero attached hydrogens (tertiary/aromatic N) is 3. The Bertz CT molecular complexity index is 1400. The summed E-state index contributed by atoms with van der Waals surface area (Å²) in [7, 11) is -3.78. The number of carbonyl (C=O) groups excluding carboxylic acids is 2. The van der Waals surface area contributed by atoms with Crippen LogP contribution in [0.3, 0.4) is 0 Å². The fourth-order valence-corrected chi connectivity index (χ4v) is 6.75. The summed E-state index contributed by atoms with van der Waals surface area (Å²) in [6.07, 6.45) is 0. The van der Waals surface area contributed by atoms with Crippen LogP contribution in [0.1, 0.15) is 37.2 Å². The fourth-order valence-electron chi connectivity index (χ4n) is 4.17. The molecule has 3 aromatic rings. The predicted octanol–water partition coefficient (Wildman–Crippen LogP) is 2.30. The van der Waals surface area contributed by atoms with Crippen molar-refractivity contribution in [3.05, 3.63) is 63.8 Å². The maximum absolute atomic E-state index is 13.3. The lowest BCUT2D eigenvalue weighted by Crippen LogP contribution is -2.55. The molecule has 2 amide bonds. The summed E-state index contributed by atoms with van der Waals surface area (Å²) in [6.45, 7) is 6.19. The van der Waals surface area contributed by atoms with Gasteiger partial charge in [0.25, 0.3) is 5.91 Å². The van der Waals surface area contributed by atoms with Gasteiger partial charge < -0.3 is 10.2 Å². The van der Waals surface area contributed by atoms with Crippen LogP contribution < -0.4 is 10.2 Å². The van der Waals surface area contributed by atoms with E-state index >= 15 is 0 Å². The van der Waals surface area contributed by atoms with Crippen molar-refractivity contribution in [3.8, 4) is 0 Å². The Morgan fingerprint density at radius 2 is 1.63 bits per heavy atom. The molecule has 1 saturated heterocycles. The van der Waals surface area contributed by atoms with Crippen molar-refractivity contribution < 1.29 is 18.0 Å². The number of fused-ring (bicyclic) bond motifs is 1. The molecule has 2 heterocycles. The lowest BCUT2D eigenvalue weighted by Gasteiger charge is -2.35. The van der Waals surface area contributed by atoms with Crippen LogP contribution in [0.15, 0.2) is 58.2 Å². The highest BCUT2D eigenvalue weighted by molar-refractivity contribution is 7.89. The van der Waals surface area contributed by atoms with Crippen LogP contribution in [0.25, 0.3) is 10.2 Å². The number of hydrogen-bond donors (Lipinski definition) is 1. The molecule has 2 aromatic carbocycles. The number of aromatic nitrogens is 1. The van der Waals surface area contributed by atoms with Gasteiger partial charge in [-0.2, -0.15) is 4.31 Å². The Morgan fingerprint density at radius 3 is 2.26 bits per heavy atom. The number of carbonyl (C=O) groups is 2. The molecule has 1 N–H and O–H groups in total. The molecule has 4 rings (SSSR count). The molecule has 0 aliphatic carbocycles. The lowest BCUT2D eigenvalue weighted by molar-refractivity contribution is -0.134. The Balaban J connectivity index is 1.41. The Kier molecular flexibility index (Phi) is 7.11. The fraction of sp³-hybridized carbons (Fsp3) is 0.375. The van der Waals surface area contributed by atoms with Crippen molar-refractivity contribution in [1.82, 2.24) is 19.1 Å². The van der Waals surface area contributed by atoms with E-state index in [1.165, 1.54) is 10.4 Å². The summed E-state index contributed by atoms with van der Waals surface area (Å²) in [6, 6.07) is 12.6. The van der Waals surface area contributed by atoms with Gasteiger partial charge >= 0.3 is 4.87 Å². The second-order valence-electron chi connectivity index (χ2n) is 8.75. The third-order valence-corrected chi connectivity index (χ3v) is 8.86. The second-order valence-corrected chi connectivity index (χ2v) is 11.7. The summed E-state index contributed by atoms with van der Waals surface area (Å²) in [5, 5.41) is 2.70. The van der Waals surface area contributed by atoms with Gasteiger partial charge in [0.15, 0.2) is 0 Å². The highest BCUT2D eigenvalue weighted by atomic mass is 32.2. The molecule has 1 fully saturated rings. The molecule has 0 saturated carbocycles. The first-order chi connectivity index (χ1) is 16.6. The van der Waals surface area contributed by atoms with Crippen LogP contribution in [0.2, 0.25) is 0 Å². The molecular formula is C24H28N4O5S2. The normalized spacial score (nSPS) is 15.9. The van der Waals surface area contributed by atoms with Crippen LogP contribution in [-0.2, 0) is 14.8 Å². The molecule has 0 unspecified atom stereocenters. The average Bonchev–Trinajstić information content (AvgIpc) is 3.19. The van der Waals surface area contributed by atoms with Crippen molar-refractivity contribution in [2.24, 2.45) is 0 Å². The van der Waals surface area contributed by atoms with Crippen molar-refractivity contribution in [1.29, 1.82) is 0 Å². The molecular weight excluding hydrogens is 488 g/mol. The number of sulfonamides is 1. The van der Waals surface area contributed by atoms with E-state index in [1.807, 2.05) is 13.8 Å². The van der Waals surface area contributed by atoms with E-state index in [9.17, 15) is 22.8 Å². The number of hydrogen-bond acceptors (Lipinski definition) is 6. The number of thiazole rings is 1. The summed E-state index contributed by atoms with van der Waals surface area (Å²) in [5.41, 5.74) is 1.18. The minimum absolute atomic E-state index is 0.0239. The standard InChI is InChI=1S/C24H28N4O5S2/c1-16(2)28-20-10-9-19(15-21(20)34-24(28)31)35(32,33)27-13-11-26(12-14-27)23(30)17(3)25-22(29)18-7-5-4-6-8-18/h4-10,15-17H,11-14H2,1-3H3,(H,25,29)/t17-/m1/s1. The van der Waals surface area contributed by atoms with Gasteiger partial charge in [-0.15, -0.1) is 0 Å². The number of rotatable bonds is 6. The first kappa shape index (κ1) is 25.1. The molecule has 35 heavy (non-hydrogen) atoms. The second kappa shape index (κ2) is 9.92. The van der Waals surface area contributed by atoms with Crippen LogP contribution in [0.5, 0.6) is 0 Å². The van der Waals surface area contributed by atoms with E-state index < -0.39 is 16.1 Å². The van der Waals surface area contributed by atoms with Gasteiger partial charge in [-0.3, -0.25) is 19.0 Å². The molecule has 1 atom stereocenters. The van der Waals surface area contributed by atoms with E-state index in [4.69, 9.17) is 0 Å². The van der Waals surface area contributed by atoms with Gasteiger partial charge in [0.1, 0.15) is 6.04 Å². The SMILES string of the molecule is CC(C)n1c(=O)sc2cc(S(=O)(=O)N3CCN(C(=O)[C@@H](C)NC(=O)c4ccccc4)CC3)ccc21. The minimum atomic E-state index is -3.78. The molecule has 9 nitrogen and oxygen atoms in total. The first-order valence-corrected chi connectivity index (χ1v) is 13.6. The van der Waals surface area contributed by atoms with Crippen LogP contribution in [0, 0.1) is 0 Å². The third-order valence-electron chi connectivity index (χ3n) is 6.04. The van der Waals surface area contributed by atoms with Gasteiger partial charge in [0, 0.05) is 37.8 Å². The summed E-state index contributed by atoms with van der Waals surface area (Å²) in [5.74, 6) is -0.593. The quantitative estimate of drug-likeness (QED) is 0.541. The molecule has 11 heteroatoms. The van der Waals surface area contributed by atoms with E-state index in [0.717, 1.165) is 16.9 Å². The summed E-state index contributed by atoms with van der Waals surface area (Å²) in [4.78, 5) is 39.1. The smallest absolute Gasteiger partial charge is 0.308 e. The molecule has 1 aliphatic heterocycles. The number of piperazine rings is 1. The van der Waals surface area contributed by atoms with Crippen LogP contribution in [-0.4, -0.2) is 66.2 Å². The van der Waals surface area contributed by atoms with Crippen LogP contribution in [0.4, 0.5) is 0 Å². The number of amides is 2. The van der Waals surface area contributed by atoms with Gasteiger partial charge in [0.05, 0.1) is 15.1 Å². The summed E-state index contributed by atoms with van der Waals surface area (Å²) < 4.78 is 30.1. The molecule has 0 radical (unpaired) electrons. The maximum Gasteiger partial charge on any atom is 0.308 e. The minimum Gasteiger partial charge on any atom is -0.341 e. The lowest BCUT2D eigenvalue weighted by atomic mass is 10.2. The maximum atomic E-state index is 13.3. The van der Waals surface area contributed by atoms with E-state index in [-0.39, 0.29) is 53.8 Å². The summed E-state index contributed by atoms with van der Waals surface area (Å²) >= 11 is 1.03. The van der Waals surface area contributed by atoms with Crippen molar-refractivity contribution in [2.75, 3.05) is 26.2 Å². The Hall–Kier alpha value is -3.02. The zero-order chi connectivity index (χ0) is 25.3. The highest BCUT2D eigenvalue weighted by Gasteiger charge is 2.32. The van der Waals surface area contributed by atoms with Crippen molar-refractivity contribution >= 4 is 43.4 Å². The Labute approximate surface area is 208 Å². The van der Waals surface area contributed by atoms with E-state index in [0.29, 0.717) is 10.3 Å². The van der Waals surface area contributed by atoms with Crippen LogP contribution >= 0.6 is 11.3 Å². The predicted molar refractivity (Wildman–Crippen MR) is 135 cm³/mol. The Morgan fingerprint density at radius 1 is 0.971 bits per heavy atom. The molecule has 0 spiro atoms. The number of nitrogens with one attached hydrogen (secondary N) is 1. The molecule has 1 aromatic heterocycles. The van der Waals surface area contributed by atoms with Gasteiger partial charge in [0.2, 0.25) is 15.9 Å². The zero-order valence-electron chi connectivity index (χ0n) is 19.8. The third kappa shape index (κ3) is 5.02. The highest BCUT2D eigenvalue weighted by Crippen LogP contribution is 2.26. The van der Waals surface area contributed by atoms with Crippen molar-refractivity contribution in [3.63, 3.8) is 0 Å². The van der Waals surface area contributed by atoms with E-state index in [2.05, 4.69) is 5.32 Å². The van der Waals surface area contributed by atoms with Gasteiger partial charge in [-0.25, -0.2) is 8.42 Å². The average molecular weight is 517 g/mol. The monoisotopic (exact) mass is 516 g/mol. The van der Waals surface area contributed by atoms with Gasteiger partial charge in [-0.05, 0) is 51.1 Å².